The summed E-state index contributed by atoms with van der Waals surface area (Å²) in [6.07, 6.45) is 0. The van der Waals surface area contributed by atoms with Crippen LogP contribution in [0.15, 0.2) is 126 Å². The largest absolute Gasteiger partial charge is 0.455 e. The average molecular weight is 988 g/mol. The van der Waals surface area contributed by atoms with Gasteiger partial charge in [0.2, 0.25) is 0 Å². The zero-order valence-corrected chi connectivity index (χ0v) is 43.9. The first kappa shape index (κ1) is 54.3. The highest BCUT2D eigenvalue weighted by Gasteiger charge is 2.54. The van der Waals surface area contributed by atoms with Crippen molar-refractivity contribution >= 4 is 292 Å². The predicted octanol–water partition coefficient (Wildman–Crippen LogP) is -6.52. The molecule has 11 aromatic rings. The maximum absolute atomic E-state index is 7.48. The molecule has 0 atom stereocenters. The van der Waals surface area contributed by atoms with Crippen LogP contribution in [0, 0.1) is 0 Å². The minimum absolute atomic E-state index is 0.0471. The summed E-state index contributed by atoms with van der Waals surface area (Å²) in [4.78, 5) is 1.74. The molecule has 2 aliphatic rings. The van der Waals surface area contributed by atoms with E-state index in [0.717, 1.165) is 22.3 Å². The molecule has 38 radical (unpaired) electrons. The topological polar surface area (TPSA) is 16.4 Å². The Morgan fingerprint density at radius 3 is 1.15 bits per heavy atom. The Morgan fingerprint density at radius 2 is 0.659 bits per heavy atom. The van der Waals surface area contributed by atoms with Crippen LogP contribution in [0.1, 0.15) is 22.3 Å². The fraction of sp³-hybridized carbons (Fsp3) is 0.0164. The molecule has 2 nitrogen and oxygen atoms in total. The number of anilines is 3. The second-order valence-corrected chi connectivity index (χ2v) is 21.0. The molecule has 21 heteroatoms. The number of rotatable bonds is 6. The standard InChI is InChI=1S/C61H20B19NO/c62-32-14-26-27-15-34(64)46(69)45(60(27)82-39(26)20-33(32)63)44-54(77)56(79)59(57(80)55(44)78)81(25-12-10-24(11-13-25)23-8-6-22(7-9-23)21-4-2-1-3-5-21)58-43-31(19-38(68)50(58)73)61(30-18-37(67)49(72)53(76)42(30)43)28-16-35(65)47(70)51(74)40(28)41-29(61)17-36(66)48(71)52(41)75/h1-20H. The summed E-state index contributed by atoms with van der Waals surface area (Å²) in [6.45, 7) is 0. The van der Waals surface area contributed by atoms with E-state index in [1.54, 1.807) is 47.4 Å². The second-order valence-electron chi connectivity index (χ2n) is 21.0. The van der Waals surface area contributed by atoms with Gasteiger partial charge in [-0.1, -0.05) is 158 Å². The van der Waals surface area contributed by atoms with Crippen LogP contribution >= 0.6 is 0 Å². The van der Waals surface area contributed by atoms with Gasteiger partial charge in [0.25, 0.3) is 0 Å². The van der Waals surface area contributed by atoms with Crippen LogP contribution in [0.4, 0.5) is 17.1 Å². The molecular formula is C61H20B19NO. The fourth-order valence-electron chi connectivity index (χ4n) is 12.5. The van der Waals surface area contributed by atoms with Crippen molar-refractivity contribution < 1.29 is 4.42 Å². The quantitative estimate of drug-likeness (QED) is 0.155. The van der Waals surface area contributed by atoms with Crippen LogP contribution in [-0.4, -0.2) is 149 Å². The first-order chi connectivity index (χ1) is 39.1. The van der Waals surface area contributed by atoms with E-state index in [9.17, 15) is 0 Å². The van der Waals surface area contributed by atoms with Crippen LogP contribution in [0.5, 0.6) is 0 Å². The summed E-state index contributed by atoms with van der Waals surface area (Å²) in [5.41, 5.74) is 9.79. The Bertz CT molecular complexity index is 4580. The Hall–Kier alpha value is -6.97. The number of nitrogens with zero attached hydrogens (tertiary/aromatic N) is 1. The molecule has 1 aromatic heterocycles. The smallest absolute Gasteiger partial charge is 0.142 e. The molecular weight excluding hydrogens is 968 g/mol. The molecule has 0 fully saturated rings. The summed E-state index contributed by atoms with van der Waals surface area (Å²) in [7, 11) is 132. The molecule has 0 unspecified atom stereocenters. The van der Waals surface area contributed by atoms with E-state index in [4.69, 9.17) is 153 Å². The van der Waals surface area contributed by atoms with Gasteiger partial charge in [0.05, 0.1) is 5.41 Å². The molecule has 0 saturated carbocycles. The summed E-state index contributed by atoms with van der Waals surface area (Å²) < 4.78 is 6.49. The average Bonchev–Trinajstić information content (AvgIpc) is 2.62. The summed E-state index contributed by atoms with van der Waals surface area (Å²) in [6, 6.07) is 37.8. The van der Waals surface area contributed by atoms with Crippen LogP contribution < -0.4 is 109 Å². The highest BCUT2D eigenvalue weighted by Crippen LogP contribution is 2.63. The third kappa shape index (κ3) is 7.48. The zero-order chi connectivity index (χ0) is 58.0. The maximum atomic E-state index is 7.48. The van der Waals surface area contributed by atoms with Crippen molar-refractivity contribution in [2.24, 2.45) is 0 Å². The van der Waals surface area contributed by atoms with Crippen molar-refractivity contribution in [2.75, 3.05) is 4.90 Å². The normalized spacial score (nSPS) is 12.7. The minimum Gasteiger partial charge on any atom is -0.455 e. The Labute approximate surface area is 502 Å². The maximum Gasteiger partial charge on any atom is 0.142 e. The van der Waals surface area contributed by atoms with E-state index in [1.165, 1.54) is 0 Å². The van der Waals surface area contributed by atoms with E-state index in [1.807, 2.05) is 54.6 Å². The van der Waals surface area contributed by atoms with Gasteiger partial charge in [-0.25, -0.2) is 0 Å². The lowest BCUT2D eigenvalue weighted by Crippen LogP contribution is -2.48. The Balaban J connectivity index is 1.14. The summed E-state index contributed by atoms with van der Waals surface area (Å²) >= 11 is 0. The molecule has 82 heavy (non-hydrogen) atoms. The van der Waals surface area contributed by atoms with E-state index < -0.39 is 5.41 Å². The van der Waals surface area contributed by atoms with Crippen LogP contribution in [-0.2, 0) is 5.41 Å². The lowest BCUT2D eigenvalue weighted by atomic mass is 9.62. The zero-order valence-electron chi connectivity index (χ0n) is 43.9. The highest BCUT2D eigenvalue weighted by molar-refractivity contribution is 6.66. The van der Waals surface area contributed by atoms with Crippen molar-refractivity contribution in [3.05, 3.63) is 144 Å². The molecule has 13 rings (SSSR count). The second kappa shape index (κ2) is 19.3. The van der Waals surface area contributed by atoms with Crippen molar-refractivity contribution in [3.8, 4) is 55.6 Å². The first-order valence-electron chi connectivity index (χ1n) is 25.7. The number of fused-ring (bicyclic) bond motifs is 13. The van der Waals surface area contributed by atoms with Crippen molar-refractivity contribution in [1.29, 1.82) is 0 Å². The number of furan rings is 1. The summed E-state index contributed by atoms with van der Waals surface area (Å²) in [5.74, 6) is 0. The van der Waals surface area contributed by atoms with E-state index in [-0.39, 0.29) is 121 Å². The van der Waals surface area contributed by atoms with Crippen molar-refractivity contribution in [1.82, 2.24) is 0 Å². The molecule has 0 N–H and O–H groups in total. The van der Waals surface area contributed by atoms with E-state index >= 15 is 0 Å². The Kier molecular flexibility index (Phi) is 12.8. The van der Waals surface area contributed by atoms with Crippen LogP contribution in [0.25, 0.3) is 77.6 Å². The molecule has 332 valence electrons. The molecule has 0 amide bonds. The van der Waals surface area contributed by atoms with Gasteiger partial charge in [-0.05, 0) is 85.0 Å². The van der Waals surface area contributed by atoms with E-state index in [0.29, 0.717) is 77.5 Å². The van der Waals surface area contributed by atoms with Gasteiger partial charge in [-0.3, -0.25) is 0 Å². The first-order valence-corrected chi connectivity index (χ1v) is 25.7. The molecule has 2 aliphatic carbocycles. The minimum atomic E-state index is -1.49. The molecule has 1 spiro atoms. The van der Waals surface area contributed by atoms with E-state index in [2.05, 4.69) is 24.3 Å². The summed E-state index contributed by atoms with van der Waals surface area (Å²) in [5, 5.41) is 1.15. The Morgan fingerprint density at radius 1 is 0.280 bits per heavy atom. The van der Waals surface area contributed by atoms with Crippen LogP contribution in [0.2, 0.25) is 0 Å². The lowest BCUT2D eigenvalue weighted by molar-refractivity contribution is 0.671. The van der Waals surface area contributed by atoms with Gasteiger partial charge < -0.3 is 9.32 Å². The van der Waals surface area contributed by atoms with Gasteiger partial charge in [-0.15, -0.1) is 49.2 Å². The van der Waals surface area contributed by atoms with Gasteiger partial charge >= 0.3 is 0 Å². The SMILES string of the molecule is [B]c1cc2oc3c(-c4c([B])c([B])c(N(c5ccc(-c6ccc(-c7ccccc7)cc6)cc5)c5c([B])c([B])cc6c5-c5c(cc([B])c([B])c5[B])C65c6cc([B])c([B])c([B])c6-c6c5cc([B])c([B])c6[B])c([B])c4[B])c([B])c([B])cc3c2cc1[B]. The van der Waals surface area contributed by atoms with Gasteiger partial charge in [-0.2, -0.15) is 0 Å². The monoisotopic (exact) mass is 991 g/mol. The van der Waals surface area contributed by atoms with Gasteiger partial charge in [0, 0.05) is 39.0 Å². The number of hydrogen-bond acceptors (Lipinski definition) is 2. The number of benzene rings is 10. The lowest BCUT2D eigenvalue weighted by Gasteiger charge is -2.37. The molecule has 0 bridgehead atoms. The fourth-order valence-corrected chi connectivity index (χ4v) is 12.5. The third-order valence-electron chi connectivity index (χ3n) is 16.6. The number of hydrogen-bond donors (Lipinski definition) is 0. The molecule has 0 aliphatic heterocycles. The predicted molar refractivity (Wildman–Crippen MR) is 363 cm³/mol. The van der Waals surface area contributed by atoms with Crippen molar-refractivity contribution in [3.63, 3.8) is 0 Å². The van der Waals surface area contributed by atoms with Gasteiger partial charge in [0.15, 0.2) is 0 Å². The molecule has 1 heterocycles. The third-order valence-corrected chi connectivity index (χ3v) is 16.6. The van der Waals surface area contributed by atoms with Crippen molar-refractivity contribution in [2.45, 2.75) is 5.41 Å². The van der Waals surface area contributed by atoms with Gasteiger partial charge in [0.1, 0.15) is 160 Å². The molecule has 10 aromatic carbocycles. The van der Waals surface area contributed by atoms with Crippen LogP contribution in [0.3, 0.4) is 0 Å². The highest BCUT2D eigenvalue weighted by atomic mass is 16.3. The molecule has 0 saturated heterocycles.